The summed E-state index contributed by atoms with van der Waals surface area (Å²) >= 11 is 0. The van der Waals surface area contributed by atoms with Gasteiger partial charge in [0, 0.05) is 0 Å². The minimum absolute atomic E-state index is 0.125. The third kappa shape index (κ3) is 1.13. The van der Waals surface area contributed by atoms with Crippen LogP contribution in [0.4, 0.5) is 4.39 Å². The molecular formula is C10H7FO2. The zero-order valence-electron chi connectivity index (χ0n) is 7.00. The van der Waals surface area contributed by atoms with Crippen molar-refractivity contribution in [3.8, 4) is 0 Å². The lowest BCUT2D eigenvalue weighted by molar-refractivity contribution is 0.101. The number of furan rings is 1. The van der Waals surface area contributed by atoms with Crippen molar-refractivity contribution in [2.75, 3.05) is 0 Å². The fourth-order valence-electron chi connectivity index (χ4n) is 1.31. The van der Waals surface area contributed by atoms with Crippen molar-refractivity contribution >= 4 is 16.8 Å². The topological polar surface area (TPSA) is 30.2 Å². The summed E-state index contributed by atoms with van der Waals surface area (Å²) in [5, 5.41) is 0.354. The van der Waals surface area contributed by atoms with E-state index in [2.05, 4.69) is 0 Å². The van der Waals surface area contributed by atoms with Crippen LogP contribution in [0.5, 0.6) is 0 Å². The van der Waals surface area contributed by atoms with Gasteiger partial charge in [-0.25, -0.2) is 4.39 Å². The molecule has 0 aliphatic rings. The predicted octanol–water partition coefficient (Wildman–Crippen LogP) is 2.77. The van der Waals surface area contributed by atoms with Crippen molar-refractivity contribution in [3.63, 3.8) is 0 Å². The molecule has 13 heavy (non-hydrogen) atoms. The first-order chi connectivity index (χ1) is 6.20. The smallest absolute Gasteiger partial charge is 0.163 e. The van der Waals surface area contributed by atoms with Gasteiger partial charge in [0.1, 0.15) is 11.4 Å². The standard InChI is InChI=1S/C10H7FO2/c1-6(12)7-2-3-9(11)8-4-5-13-10(7)8/h2-5H,1H3. The summed E-state index contributed by atoms with van der Waals surface area (Å²) in [6, 6.07) is 4.22. The molecule has 0 aliphatic heterocycles. The average Bonchev–Trinajstić information content (AvgIpc) is 2.53. The van der Waals surface area contributed by atoms with Gasteiger partial charge in [-0.3, -0.25) is 4.79 Å². The van der Waals surface area contributed by atoms with Crippen LogP contribution in [0.1, 0.15) is 17.3 Å². The highest BCUT2D eigenvalue weighted by molar-refractivity contribution is 6.04. The van der Waals surface area contributed by atoms with E-state index < -0.39 is 0 Å². The van der Waals surface area contributed by atoms with Crippen molar-refractivity contribution in [3.05, 3.63) is 35.8 Å². The largest absolute Gasteiger partial charge is 0.463 e. The zero-order valence-corrected chi connectivity index (χ0v) is 7.00. The molecule has 2 nitrogen and oxygen atoms in total. The Bertz CT molecular complexity index is 471. The Morgan fingerprint density at radius 3 is 2.85 bits per heavy atom. The fourth-order valence-corrected chi connectivity index (χ4v) is 1.31. The number of halogens is 1. The number of carbonyl (C=O) groups excluding carboxylic acids is 1. The molecule has 0 bridgehead atoms. The first-order valence-corrected chi connectivity index (χ1v) is 3.87. The normalized spacial score (nSPS) is 10.6. The Morgan fingerprint density at radius 2 is 2.15 bits per heavy atom. The molecule has 0 N–H and O–H groups in total. The third-order valence-electron chi connectivity index (χ3n) is 1.94. The summed E-state index contributed by atoms with van der Waals surface area (Å²) in [5.74, 6) is -0.492. The molecule has 0 amide bonds. The fraction of sp³-hybridized carbons (Fsp3) is 0.100. The monoisotopic (exact) mass is 178 g/mol. The van der Waals surface area contributed by atoms with E-state index in [-0.39, 0.29) is 11.6 Å². The van der Waals surface area contributed by atoms with E-state index in [4.69, 9.17) is 4.42 Å². The second-order valence-corrected chi connectivity index (χ2v) is 2.81. The Kier molecular flexibility index (Phi) is 1.65. The second-order valence-electron chi connectivity index (χ2n) is 2.81. The SMILES string of the molecule is CC(=O)c1ccc(F)c2ccoc12. The molecule has 66 valence electrons. The minimum atomic E-state index is -0.367. The van der Waals surface area contributed by atoms with Gasteiger partial charge in [0.15, 0.2) is 5.78 Å². The second kappa shape index (κ2) is 2.69. The van der Waals surface area contributed by atoms with Crippen LogP contribution < -0.4 is 0 Å². The highest BCUT2D eigenvalue weighted by Gasteiger charge is 2.11. The van der Waals surface area contributed by atoms with Crippen molar-refractivity contribution in [1.29, 1.82) is 0 Å². The number of hydrogen-bond donors (Lipinski definition) is 0. The molecular weight excluding hydrogens is 171 g/mol. The summed E-state index contributed by atoms with van der Waals surface area (Å²) < 4.78 is 18.1. The Hall–Kier alpha value is -1.64. The molecule has 0 aliphatic carbocycles. The third-order valence-corrected chi connectivity index (χ3v) is 1.94. The van der Waals surface area contributed by atoms with Crippen LogP contribution in [0.15, 0.2) is 28.9 Å². The molecule has 2 aromatic rings. The lowest BCUT2D eigenvalue weighted by Crippen LogP contribution is -1.92. The maximum absolute atomic E-state index is 13.1. The predicted molar refractivity (Wildman–Crippen MR) is 46.2 cm³/mol. The first kappa shape index (κ1) is 7.98. The average molecular weight is 178 g/mol. The maximum atomic E-state index is 13.1. The van der Waals surface area contributed by atoms with Crippen molar-refractivity contribution in [2.24, 2.45) is 0 Å². The molecule has 0 radical (unpaired) electrons. The Labute approximate surface area is 74.0 Å². The lowest BCUT2D eigenvalue weighted by atomic mass is 10.1. The summed E-state index contributed by atoms with van der Waals surface area (Å²) in [4.78, 5) is 11.1. The molecule has 0 fully saturated rings. The lowest BCUT2D eigenvalue weighted by Gasteiger charge is -1.97. The van der Waals surface area contributed by atoms with Crippen LogP contribution in [-0.2, 0) is 0 Å². The molecule has 0 atom stereocenters. The van der Waals surface area contributed by atoms with E-state index in [1.807, 2.05) is 0 Å². The number of hydrogen-bond acceptors (Lipinski definition) is 2. The molecule has 1 aromatic carbocycles. The van der Waals surface area contributed by atoms with Crippen molar-refractivity contribution in [2.45, 2.75) is 6.92 Å². The van der Waals surface area contributed by atoms with Gasteiger partial charge in [-0.05, 0) is 25.1 Å². The van der Waals surface area contributed by atoms with Gasteiger partial charge in [-0.1, -0.05) is 0 Å². The highest BCUT2D eigenvalue weighted by Crippen LogP contribution is 2.23. The van der Waals surface area contributed by atoms with Gasteiger partial charge in [-0.2, -0.15) is 0 Å². The van der Waals surface area contributed by atoms with Gasteiger partial charge < -0.3 is 4.42 Å². The number of rotatable bonds is 1. The van der Waals surface area contributed by atoms with E-state index in [0.717, 1.165) is 0 Å². The van der Waals surface area contributed by atoms with Crippen LogP contribution in [-0.4, -0.2) is 5.78 Å². The van der Waals surface area contributed by atoms with Gasteiger partial charge in [0.25, 0.3) is 0 Å². The Morgan fingerprint density at radius 1 is 1.38 bits per heavy atom. The van der Waals surface area contributed by atoms with Gasteiger partial charge in [-0.15, -0.1) is 0 Å². The van der Waals surface area contributed by atoms with Crippen LogP contribution in [0.2, 0.25) is 0 Å². The highest BCUT2D eigenvalue weighted by atomic mass is 19.1. The van der Waals surface area contributed by atoms with Gasteiger partial charge in [0.05, 0.1) is 17.2 Å². The Balaban J connectivity index is 2.86. The van der Waals surface area contributed by atoms with Crippen LogP contribution in [0.3, 0.4) is 0 Å². The number of carbonyl (C=O) groups is 1. The molecule has 3 heteroatoms. The van der Waals surface area contributed by atoms with Crippen molar-refractivity contribution < 1.29 is 13.6 Å². The van der Waals surface area contributed by atoms with Gasteiger partial charge >= 0.3 is 0 Å². The first-order valence-electron chi connectivity index (χ1n) is 3.87. The van der Waals surface area contributed by atoms with E-state index in [9.17, 15) is 9.18 Å². The molecule has 1 aromatic heterocycles. The number of ketones is 1. The zero-order chi connectivity index (χ0) is 9.42. The maximum Gasteiger partial charge on any atom is 0.163 e. The molecule has 1 heterocycles. The minimum Gasteiger partial charge on any atom is -0.463 e. The van der Waals surface area contributed by atoms with E-state index >= 15 is 0 Å². The quantitative estimate of drug-likeness (QED) is 0.628. The van der Waals surface area contributed by atoms with Gasteiger partial charge in [0.2, 0.25) is 0 Å². The summed E-state index contributed by atoms with van der Waals surface area (Å²) in [6.07, 6.45) is 1.38. The van der Waals surface area contributed by atoms with Crippen molar-refractivity contribution in [1.82, 2.24) is 0 Å². The van der Waals surface area contributed by atoms with Crippen LogP contribution >= 0.6 is 0 Å². The molecule has 0 unspecified atom stereocenters. The van der Waals surface area contributed by atoms with E-state index in [1.165, 1.54) is 31.4 Å². The number of Topliss-reactive ketones (excluding diaryl/α,β-unsaturated/α-hetero) is 1. The van der Waals surface area contributed by atoms with Crippen LogP contribution in [0, 0.1) is 5.82 Å². The summed E-state index contributed by atoms with van der Waals surface area (Å²) in [5.41, 5.74) is 0.744. The molecule has 2 rings (SSSR count). The summed E-state index contributed by atoms with van der Waals surface area (Å²) in [7, 11) is 0. The van der Waals surface area contributed by atoms with E-state index in [0.29, 0.717) is 16.5 Å². The number of fused-ring (bicyclic) bond motifs is 1. The van der Waals surface area contributed by atoms with Crippen LogP contribution in [0.25, 0.3) is 11.0 Å². The molecule has 0 saturated heterocycles. The number of benzene rings is 1. The summed E-state index contributed by atoms with van der Waals surface area (Å²) in [6.45, 7) is 1.43. The van der Waals surface area contributed by atoms with E-state index in [1.54, 1.807) is 0 Å². The molecule has 0 spiro atoms. The molecule has 0 saturated carbocycles.